The third-order valence-corrected chi connectivity index (χ3v) is 3.69. The predicted molar refractivity (Wildman–Crippen MR) is 83.6 cm³/mol. The van der Waals surface area contributed by atoms with Crippen molar-refractivity contribution in [1.29, 1.82) is 10.5 Å². The highest BCUT2D eigenvalue weighted by molar-refractivity contribution is 5.93. The summed E-state index contributed by atoms with van der Waals surface area (Å²) in [6, 6.07) is 6.18. The van der Waals surface area contributed by atoms with Crippen molar-refractivity contribution in [2.24, 2.45) is 0 Å². The molecule has 0 saturated heterocycles. The maximum Gasteiger partial charge on any atom is 0.335 e. The summed E-state index contributed by atoms with van der Waals surface area (Å²) in [6.07, 6.45) is 0. The number of hydrogen-bond donors (Lipinski definition) is 3. The van der Waals surface area contributed by atoms with E-state index >= 15 is 0 Å². The lowest BCUT2D eigenvalue weighted by Gasteiger charge is -2.22. The smallest absolute Gasteiger partial charge is 0.335 e. The molecule has 2 heterocycles. The molecule has 9 nitrogen and oxygen atoms in total. The molecule has 1 aromatic heterocycles. The van der Waals surface area contributed by atoms with Crippen LogP contribution < -0.4 is 16.0 Å². The van der Waals surface area contributed by atoms with Gasteiger partial charge in [-0.2, -0.15) is 10.5 Å². The number of carboxylic acid groups (broad SMARTS) is 1. The van der Waals surface area contributed by atoms with Gasteiger partial charge in [-0.25, -0.2) is 4.79 Å². The van der Waals surface area contributed by atoms with E-state index in [2.05, 4.69) is 4.98 Å². The number of aromatic nitrogens is 1. The van der Waals surface area contributed by atoms with Crippen LogP contribution in [0.4, 0.5) is 5.82 Å². The highest BCUT2D eigenvalue weighted by atomic mass is 16.7. The number of hydrogen-bond acceptors (Lipinski definition) is 7. The minimum Gasteiger partial charge on any atom is -0.478 e. The summed E-state index contributed by atoms with van der Waals surface area (Å²) in [6.45, 7) is 0.000759. The van der Waals surface area contributed by atoms with E-state index in [9.17, 15) is 25.2 Å². The molecule has 0 amide bonds. The maximum absolute atomic E-state index is 12.1. The molecule has 1 aromatic carbocycles. The Bertz CT molecular complexity index is 1040. The second-order valence-corrected chi connectivity index (χ2v) is 5.14. The van der Waals surface area contributed by atoms with E-state index in [1.807, 2.05) is 6.07 Å². The van der Waals surface area contributed by atoms with E-state index in [-0.39, 0.29) is 52.8 Å². The largest absolute Gasteiger partial charge is 0.478 e. The molecule has 0 unspecified atom stereocenters. The van der Waals surface area contributed by atoms with Crippen molar-refractivity contribution >= 4 is 11.8 Å². The minimum atomic E-state index is -1.22. The monoisotopic (exact) mass is 338 g/mol. The van der Waals surface area contributed by atoms with Crippen molar-refractivity contribution in [3.63, 3.8) is 0 Å². The zero-order valence-electron chi connectivity index (χ0n) is 12.6. The number of rotatable bonds is 2. The summed E-state index contributed by atoms with van der Waals surface area (Å²) in [7, 11) is 0. The molecule has 25 heavy (non-hydrogen) atoms. The molecule has 0 saturated carbocycles. The predicted octanol–water partition coefficient (Wildman–Crippen LogP) is 0.932. The quantitative estimate of drug-likeness (QED) is 0.728. The van der Waals surface area contributed by atoms with Crippen LogP contribution in [0.15, 0.2) is 16.9 Å². The zero-order valence-corrected chi connectivity index (χ0v) is 12.6. The van der Waals surface area contributed by atoms with Crippen LogP contribution in [0.25, 0.3) is 11.1 Å². The number of carboxylic acids is 1. The Balaban J connectivity index is 2.48. The normalized spacial score (nSPS) is 12.4. The second-order valence-electron chi connectivity index (χ2n) is 5.14. The van der Waals surface area contributed by atoms with Gasteiger partial charge in [-0.05, 0) is 12.1 Å². The number of H-pyrrole nitrogens is 1. The third-order valence-electron chi connectivity index (χ3n) is 3.69. The first kappa shape index (κ1) is 16.1. The van der Waals surface area contributed by atoms with Crippen molar-refractivity contribution < 1.29 is 19.4 Å². The Hall–Kier alpha value is -3.82. The number of aromatic amines is 1. The molecule has 0 aliphatic carbocycles. The Morgan fingerprint density at radius 1 is 1.28 bits per heavy atom. The summed E-state index contributed by atoms with van der Waals surface area (Å²) in [5.74, 6) is -1.19. The van der Waals surface area contributed by atoms with Crippen LogP contribution in [-0.4, -0.2) is 22.9 Å². The molecule has 124 valence electrons. The SMILES string of the molecule is N#Cc1c(N)[nH]c(=O)c(C#N)c1-c1cc(C(=O)O)cc2c1OCOC2. The molecule has 0 radical (unpaired) electrons. The van der Waals surface area contributed by atoms with E-state index in [1.165, 1.54) is 12.1 Å². The van der Waals surface area contributed by atoms with Crippen molar-refractivity contribution in [2.75, 3.05) is 12.5 Å². The van der Waals surface area contributed by atoms with Crippen LogP contribution in [0.5, 0.6) is 5.75 Å². The highest BCUT2D eigenvalue weighted by Crippen LogP contribution is 2.40. The van der Waals surface area contributed by atoms with Gasteiger partial charge < -0.3 is 25.3 Å². The fraction of sp³-hybridized carbons (Fsp3) is 0.125. The summed E-state index contributed by atoms with van der Waals surface area (Å²) >= 11 is 0. The van der Waals surface area contributed by atoms with Gasteiger partial charge >= 0.3 is 5.97 Å². The second kappa shape index (κ2) is 6.00. The van der Waals surface area contributed by atoms with Gasteiger partial charge in [0.1, 0.15) is 34.8 Å². The molecule has 0 fully saturated rings. The minimum absolute atomic E-state index is 0.0625. The fourth-order valence-corrected chi connectivity index (χ4v) is 2.64. The lowest BCUT2D eigenvalue weighted by Crippen LogP contribution is -2.18. The van der Waals surface area contributed by atoms with Gasteiger partial charge in [0.15, 0.2) is 6.79 Å². The zero-order chi connectivity index (χ0) is 18.1. The summed E-state index contributed by atoms with van der Waals surface area (Å²) in [5, 5.41) is 28.1. The van der Waals surface area contributed by atoms with Gasteiger partial charge in [0, 0.05) is 16.7 Å². The molecular weight excluding hydrogens is 328 g/mol. The van der Waals surface area contributed by atoms with Crippen LogP contribution in [0, 0.1) is 22.7 Å². The van der Waals surface area contributed by atoms with E-state index in [0.717, 1.165) is 0 Å². The van der Waals surface area contributed by atoms with Crippen molar-refractivity contribution in [1.82, 2.24) is 4.98 Å². The number of nitrogens with two attached hydrogens (primary N) is 1. The molecule has 4 N–H and O–H groups in total. The van der Waals surface area contributed by atoms with Crippen molar-refractivity contribution in [3.8, 4) is 29.0 Å². The first-order valence-corrected chi connectivity index (χ1v) is 6.95. The Kier molecular flexibility index (Phi) is 3.85. The average molecular weight is 338 g/mol. The fourth-order valence-electron chi connectivity index (χ4n) is 2.64. The van der Waals surface area contributed by atoms with Gasteiger partial charge in [0.05, 0.1) is 12.2 Å². The van der Waals surface area contributed by atoms with Crippen molar-refractivity contribution in [3.05, 3.63) is 44.7 Å². The summed E-state index contributed by atoms with van der Waals surface area (Å²) < 4.78 is 10.6. The van der Waals surface area contributed by atoms with Gasteiger partial charge in [-0.1, -0.05) is 0 Å². The Morgan fingerprint density at radius 2 is 2.00 bits per heavy atom. The summed E-state index contributed by atoms with van der Waals surface area (Å²) in [4.78, 5) is 25.7. The Morgan fingerprint density at radius 3 is 2.64 bits per heavy atom. The number of anilines is 1. The molecule has 0 atom stereocenters. The molecule has 9 heteroatoms. The van der Waals surface area contributed by atoms with E-state index in [0.29, 0.717) is 5.56 Å². The van der Waals surface area contributed by atoms with Crippen LogP contribution in [0.1, 0.15) is 27.0 Å². The molecule has 1 aliphatic heterocycles. The number of benzene rings is 1. The highest BCUT2D eigenvalue weighted by Gasteiger charge is 2.26. The molecule has 0 spiro atoms. The lowest BCUT2D eigenvalue weighted by atomic mass is 9.92. The lowest BCUT2D eigenvalue weighted by molar-refractivity contribution is -0.0159. The molecule has 0 bridgehead atoms. The van der Waals surface area contributed by atoms with Crippen LogP contribution in [-0.2, 0) is 11.3 Å². The number of fused-ring (bicyclic) bond motifs is 1. The maximum atomic E-state index is 12.1. The van der Waals surface area contributed by atoms with Crippen molar-refractivity contribution in [2.45, 2.75) is 6.61 Å². The van der Waals surface area contributed by atoms with Gasteiger partial charge in [0.2, 0.25) is 0 Å². The number of nitrogen functional groups attached to an aromatic ring is 1. The third kappa shape index (κ3) is 2.55. The topological polar surface area (TPSA) is 162 Å². The number of nitrogens with zero attached hydrogens (tertiary/aromatic N) is 2. The Labute approximate surface area is 140 Å². The molecular formula is C16H10N4O5. The molecule has 2 aromatic rings. The number of ether oxygens (including phenoxy) is 2. The summed E-state index contributed by atoms with van der Waals surface area (Å²) in [5.41, 5.74) is 4.81. The van der Waals surface area contributed by atoms with Gasteiger partial charge in [-0.15, -0.1) is 0 Å². The number of nitriles is 2. The number of pyridine rings is 1. The van der Waals surface area contributed by atoms with E-state index in [4.69, 9.17) is 15.2 Å². The first-order valence-electron chi connectivity index (χ1n) is 6.95. The van der Waals surface area contributed by atoms with Crippen LogP contribution in [0.3, 0.4) is 0 Å². The van der Waals surface area contributed by atoms with E-state index < -0.39 is 11.5 Å². The first-order chi connectivity index (χ1) is 12.0. The van der Waals surface area contributed by atoms with Gasteiger partial charge in [0.25, 0.3) is 5.56 Å². The standard InChI is InChI=1S/C16H10N4O5/c17-3-10-12(11(4-18)15(21)20-14(10)19)9-2-7(16(22)23)1-8-5-24-6-25-13(8)9/h1-2H,5-6H2,(H,22,23)(H3,19,20,21). The molecule has 3 rings (SSSR count). The number of carbonyl (C=O) groups is 1. The number of nitrogens with one attached hydrogen (secondary N) is 1. The number of aromatic carboxylic acids is 1. The molecule has 1 aliphatic rings. The van der Waals surface area contributed by atoms with Gasteiger partial charge in [-0.3, -0.25) is 4.79 Å². The van der Waals surface area contributed by atoms with Crippen LogP contribution in [0.2, 0.25) is 0 Å². The average Bonchev–Trinajstić information content (AvgIpc) is 2.60. The van der Waals surface area contributed by atoms with E-state index in [1.54, 1.807) is 6.07 Å². The van der Waals surface area contributed by atoms with Crippen LogP contribution >= 0.6 is 0 Å².